The zero-order chi connectivity index (χ0) is 21.7. The van der Waals surface area contributed by atoms with E-state index in [1.54, 1.807) is 23.1 Å². The zero-order valence-corrected chi connectivity index (χ0v) is 18.1. The summed E-state index contributed by atoms with van der Waals surface area (Å²) in [4.78, 5) is 26.4. The Bertz CT molecular complexity index is 1280. The summed E-state index contributed by atoms with van der Waals surface area (Å²) in [6.45, 7) is 1.08. The smallest absolute Gasteiger partial charge is 0.352 e. The van der Waals surface area contributed by atoms with E-state index in [0.717, 1.165) is 26.9 Å². The van der Waals surface area contributed by atoms with E-state index in [-0.39, 0.29) is 22.8 Å². The van der Waals surface area contributed by atoms with Crippen LogP contribution in [0.2, 0.25) is 0 Å². The molecule has 0 bridgehead atoms. The van der Waals surface area contributed by atoms with Gasteiger partial charge in [0.25, 0.3) is 0 Å². The molecule has 3 aromatic heterocycles. The van der Waals surface area contributed by atoms with Crippen LogP contribution in [0.4, 0.5) is 0 Å². The molecule has 8 nitrogen and oxygen atoms in total. The van der Waals surface area contributed by atoms with E-state index >= 15 is 0 Å². The van der Waals surface area contributed by atoms with Gasteiger partial charge < -0.3 is 15.4 Å². The Morgan fingerprint density at radius 3 is 2.94 bits per heavy atom. The Labute approximate surface area is 186 Å². The van der Waals surface area contributed by atoms with Gasteiger partial charge in [-0.3, -0.25) is 15.1 Å². The van der Waals surface area contributed by atoms with Crippen molar-refractivity contribution in [3.8, 4) is 0 Å². The minimum Gasteiger partial charge on any atom is -0.477 e. The number of hydrogen-bond donors (Lipinski definition) is 3. The van der Waals surface area contributed by atoms with Gasteiger partial charge in [0.05, 0.1) is 18.3 Å². The van der Waals surface area contributed by atoms with Gasteiger partial charge in [0.15, 0.2) is 18.9 Å². The molecule has 3 aromatic rings. The van der Waals surface area contributed by atoms with Crippen LogP contribution in [0.25, 0.3) is 10.9 Å². The van der Waals surface area contributed by atoms with E-state index in [0.29, 0.717) is 25.3 Å². The van der Waals surface area contributed by atoms with Crippen LogP contribution in [-0.4, -0.2) is 43.4 Å². The molecule has 31 heavy (non-hydrogen) atoms. The second-order valence-electron chi connectivity index (χ2n) is 7.61. The van der Waals surface area contributed by atoms with Crippen LogP contribution in [-0.2, 0) is 22.7 Å². The molecule has 2 aliphatic heterocycles. The minimum absolute atomic E-state index is 0.0437. The summed E-state index contributed by atoms with van der Waals surface area (Å²) in [6.07, 6.45) is 6.38. The van der Waals surface area contributed by atoms with Crippen molar-refractivity contribution in [1.29, 1.82) is 5.41 Å². The van der Waals surface area contributed by atoms with Gasteiger partial charge in [0, 0.05) is 44.8 Å². The average Bonchev–Trinajstić information content (AvgIpc) is 3.35. The number of nitrogens with zero attached hydrogens (tertiary/aromatic N) is 3. The van der Waals surface area contributed by atoms with Gasteiger partial charge in [0.1, 0.15) is 17.0 Å². The first-order valence-corrected chi connectivity index (χ1v) is 11.6. The standard InChI is InChI=1S/C21H19N5O3S2/c22-20(23)13-5-15(30-10-13)8-25-4-2-12-1-3-24(9-16(12)25)7-14-11-31-18-6-17(27)26(18)19(14)21(28)29/h1-5,9-10,18H,6-8,11H2,(H3-,22,23,28,29)/p+1. The first-order valence-electron chi connectivity index (χ1n) is 9.69. The SMILES string of the molecule is N=C(N)c1csc(Cn2ccc3cc[n+](CC4=C(C(=O)O)N5C(=O)CC5SC4)cc32)c1. The van der Waals surface area contributed by atoms with Crippen LogP contribution in [0.15, 0.2) is 53.4 Å². The highest BCUT2D eigenvalue weighted by molar-refractivity contribution is 8.00. The van der Waals surface area contributed by atoms with Crippen LogP contribution in [0, 0.1) is 5.41 Å². The lowest BCUT2D eigenvalue weighted by Crippen LogP contribution is -2.54. The van der Waals surface area contributed by atoms with Gasteiger partial charge in [-0.1, -0.05) is 0 Å². The normalized spacial score (nSPS) is 18.3. The molecule has 2 aliphatic rings. The number of carbonyl (C=O) groups is 2. The van der Waals surface area contributed by atoms with E-state index in [9.17, 15) is 14.7 Å². The monoisotopic (exact) mass is 454 g/mol. The molecule has 10 heteroatoms. The molecular weight excluding hydrogens is 434 g/mol. The lowest BCUT2D eigenvalue weighted by Gasteiger charge is -2.43. The second kappa shape index (κ2) is 7.54. The highest BCUT2D eigenvalue weighted by Crippen LogP contribution is 2.39. The van der Waals surface area contributed by atoms with Crippen LogP contribution in [0.5, 0.6) is 0 Å². The second-order valence-corrected chi connectivity index (χ2v) is 9.77. The molecule has 1 atom stereocenters. The lowest BCUT2D eigenvalue weighted by atomic mass is 10.1. The number of nitrogen functional groups attached to an aromatic ring is 1. The molecule has 1 fully saturated rings. The number of hydrogen-bond acceptors (Lipinski definition) is 5. The topological polar surface area (TPSA) is 116 Å². The van der Waals surface area contributed by atoms with Crippen LogP contribution < -0.4 is 10.3 Å². The maximum Gasteiger partial charge on any atom is 0.352 e. The summed E-state index contributed by atoms with van der Waals surface area (Å²) in [7, 11) is 0. The third kappa shape index (κ3) is 3.51. The number of aromatic nitrogens is 2. The fourth-order valence-electron chi connectivity index (χ4n) is 4.00. The van der Waals surface area contributed by atoms with E-state index in [4.69, 9.17) is 11.1 Å². The van der Waals surface area contributed by atoms with Crippen molar-refractivity contribution in [2.45, 2.75) is 24.9 Å². The van der Waals surface area contributed by atoms with Gasteiger partial charge in [-0.2, -0.15) is 4.57 Å². The van der Waals surface area contributed by atoms with Crippen LogP contribution >= 0.6 is 23.1 Å². The van der Waals surface area contributed by atoms with Crippen molar-refractivity contribution in [2.75, 3.05) is 5.75 Å². The molecule has 0 aliphatic carbocycles. The molecule has 0 radical (unpaired) electrons. The van der Waals surface area contributed by atoms with Gasteiger partial charge in [-0.25, -0.2) is 4.79 Å². The predicted octanol–water partition coefficient (Wildman–Crippen LogP) is 1.97. The zero-order valence-electron chi connectivity index (χ0n) is 16.4. The van der Waals surface area contributed by atoms with Gasteiger partial charge in [-0.05, 0) is 12.1 Å². The molecule has 4 N–H and O–H groups in total. The van der Waals surface area contributed by atoms with Crippen LogP contribution in [0.3, 0.4) is 0 Å². The summed E-state index contributed by atoms with van der Waals surface area (Å²) < 4.78 is 4.09. The fraction of sp³-hybridized carbons (Fsp3) is 0.238. The predicted molar refractivity (Wildman–Crippen MR) is 119 cm³/mol. The third-order valence-corrected chi connectivity index (χ3v) is 7.77. The Hall–Kier alpha value is -3.11. The molecule has 0 spiro atoms. The van der Waals surface area contributed by atoms with Gasteiger partial charge in [-0.15, -0.1) is 23.1 Å². The molecular formula is C21H20N5O3S2+. The first-order chi connectivity index (χ1) is 14.9. The number of fused-ring (bicyclic) bond motifs is 2. The maximum absolute atomic E-state index is 12.0. The Morgan fingerprint density at radius 2 is 2.23 bits per heavy atom. The third-order valence-electron chi connectivity index (χ3n) is 5.57. The number of nitrogens with one attached hydrogen (secondary N) is 1. The summed E-state index contributed by atoms with van der Waals surface area (Å²) in [5.74, 6) is -0.501. The molecule has 1 amide bonds. The molecule has 158 valence electrons. The number of β-lactam (4-membered cyclic amide) rings is 1. The van der Waals surface area contributed by atoms with E-state index < -0.39 is 5.97 Å². The lowest BCUT2D eigenvalue weighted by molar-refractivity contribution is -0.687. The number of amidine groups is 1. The number of carboxylic acids is 1. The van der Waals surface area contributed by atoms with Crippen LogP contribution in [0.1, 0.15) is 16.9 Å². The number of nitrogens with two attached hydrogens (primary N) is 1. The van der Waals surface area contributed by atoms with Gasteiger partial charge in [0.2, 0.25) is 5.91 Å². The molecule has 0 saturated carbocycles. The van der Waals surface area contributed by atoms with Crippen molar-refractivity contribution < 1.29 is 19.3 Å². The first kappa shape index (κ1) is 19.8. The number of pyridine rings is 1. The van der Waals surface area contributed by atoms with Crippen molar-refractivity contribution in [2.24, 2.45) is 5.73 Å². The van der Waals surface area contributed by atoms with Gasteiger partial charge >= 0.3 is 5.97 Å². The number of rotatable bonds is 6. The molecule has 1 saturated heterocycles. The summed E-state index contributed by atoms with van der Waals surface area (Å²) in [5, 5.41) is 20.2. The molecule has 5 heterocycles. The Balaban J connectivity index is 1.45. The number of thioether (sulfide) groups is 1. The highest BCUT2D eigenvalue weighted by atomic mass is 32.2. The van der Waals surface area contributed by atoms with Crippen molar-refractivity contribution >= 4 is 51.7 Å². The van der Waals surface area contributed by atoms with Crippen molar-refractivity contribution in [3.05, 3.63) is 63.9 Å². The number of amides is 1. The largest absolute Gasteiger partial charge is 0.477 e. The average molecular weight is 455 g/mol. The highest BCUT2D eigenvalue weighted by Gasteiger charge is 2.45. The summed E-state index contributed by atoms with van der Waals surface area (Å²) in [6, 6.07) is 5.98. The number of aliphatic carboxylic acids is 1. The molecule has 1 unspecified atom stereocenters. The number of thiophene rings is 1. The summed E-state index contributed by atoms with van der Waals surface area (Å²) in [5.41, 5.74) is 8.21. The van der Waals surface area contributed by atoms with E-state index in [1.807, 2.05) is 46.7 Å². The Kier molecular flexibility index (Phi) is 4.82. The minimum atomic E-state index is -1.04. The maximum atomic E-state index is 12.0. The van der Waals surface area contributed by atoms with Crippen molar-refractivity contribution in [3.63, 3.8) is 0 Å². The number of carboxylic acid groups (broad SMARTS) is 1. The molecule has 5 rings (SSSR count). The quantitative estimate of drug-likeness (QED) is 0.228. The van der Waals surface area contributed by atoms with E-state index in [2.05, 4.69) is 4.57 Å². The van der Waals surface area contributed by atoms with E-state index in [1.165, 1.54) is 4.90 Å². The summed E-state index contributed by atoms with van der Waals surface area (Å²) >= 11 is 3.19. The molecule has 0 aromatic carbocycles. The number of carbonyl (C=O) groups excluding carboxylic acids is 1. The Morgan fingerprint density at radius 1 is 1.39 bits per heavy atom. The fourth-order valence-corrected chi connectivity index (χ4v) is 6.13. The van der Waals surface area contributed by atoms with Crippen molar-refractivity contribution in [1.82, 2.24) is 9.47 Å².